The number of nitrogens with zero attached hydrogens (tertiary/aromatic N) is 5. The van der Waals surface area contributed by atoms with Gasteiger partial charge >= 0.3 is 10.4 Å². The van der Waals surface area contributed by atoms with Crippen LogP contribution in [0.4, 0.5) is 5.13 Å². The number of hydrogen-bond donors (Lipinski definition) is 4. The third-order valence-electron chi connectivity index (χ3n) is 6.11. The van der Waals surface area contributed by atoms with Gasteiger partial charge in [0, 0.05) is 30.0 Å². The molecule has 3 aromatic heterocycles. The van der Waals surface area contributed by atoms with E-state index in [0.717, 1.165) is 24.3 Å². The maximum atomic E-state index is 13.1. The van der Waals surface area contributed by atoms with E-state index in [-0.39, 0.29) is 29.8 Å². The highest BCUT2D eigenvalue weighted by atomic mass is 32.3. The van der Waals surface area contributed by atoms with Crippen LogP contribution in [0.25, 0.3) is 0 Å². The third-order valence-corrected chi connectivity index (χ3v) is 7.12. The molecular formula is C25H31N8O9S2+. The summed E-state index contributed by atoms with van der Waals surface area (Å²) in [6, 6.07) is 5.75. The molecule has 19 heteroatoms. The van der Waals surface area contributed by atoms with Crippen molar-refractivity contribution in [3.63, 3.8) is 0 Å². The molecular weight excluding hydrogens is 620 g/mol. The van der Waals surface area contributed by atoms with Crippen molar-refractivity contribution in [1.82, 2.24) is 20.3 Å². The number of nitrogens with one attached hydrogen (secondary N) is 1. The van der Waals surface area contributed by atoms with Crippen LogP contribution in [-0.4, -0.2) is 76.9 Å². The number of anilines is 1. The van der Waals surface area contributed by atoms with Gasteiger partial charge in [-0.3, -0.25) is 14.1 Å². The molecule has 44 heavy (non-hydrogen) atoms. The van der Waals surface area contributed by atoms with Gasteiger partial charge in [-0.25, -0.2) is 14.5 Å². The Kier molecular flexibility index (Phi) is 10.3. The molecule has 4 heterocycles. The quantitative estimate of drug-likeness (QED) is 0.0429. The zero-order valence-corrected chi connectivity index (χ0v) is 25.3. The number of aromatic nitrogens is 3. The van der Waals surface area contributed by atoms with E-state index in [1.54, 1.807) is 12.1 Å². The molecule has 0 radical (unpaired) electrons. The van der Waals surface area contributed by atoms with Gasteiger partial charge in [0.1, 0.15) is 36.4 Å². The van der Waals surface area contributed by atoms with Gasteiger partial charge in [0.2, 0.25) is 5.88 Å². The van der Waals surface area contributed by atoms with Gasteiger partial charge in [-0.15, -0.1) is 15.6 Å². The molecule has 0 aliphatic carbocycles. The van der Waals surface area contributed by atoms with E-state index in [1.807, 2.05) is 29.1 Å². The molecule has 1 aliphatic rings. The number of nitrogens with two attached hydrogens (primary N) is 2. The highest BCUT2D eigenvalue weighted by Gasteiger charge is 2.58. The van der Waals surface area contributed by atoms with E-state index < -0.39 is 33.8 Å². The normalized spacial score (nSPS) is 16.3. The van der Waals surface area contributed by atoms with Crippen LogP contribution < -0.4 is 30.8 Å². The standard InChI is InChI=1S/C25H30N8O9S2/c1-25(2)21(23(35)33(25)42-44(36,37)38)30-22(34)20(18-15-43-24(27)29-18)31-40-13-12-39-17-4-5-19(28-14-17)41-16-6-10-32(11-7-16)9-3-8-26/h4-7,10-11,14-15,21H,3,8-9,12-13,26H2,1-2H3,(H3-,27,29,30,34,36,37,38)/p+1/b31-20-. The average Bonchev–Trinajstić information content (AvgIpc) is 3.41. The van der Waals surface area contributed by atoms with Gasteiger partial charge in [0.05, 0.1) is 11.7 Å². The summed E-state index contributed by atoms with van der Waals surface area (Å²) < 4.78 is 48.6. The average molecular weight is 652 g/mol. The first-order chi connectivity index (χ1) is 20.9. The van der Waals surface area contributed by atoms with E-state index in [4.69, 9.17) is 30.3 Å². The van der Waals surface area contributed by atoms with Crippen LogP contribution >= 0.6 is 11.3 Å². The highest BCUT2D eigenvalue weighted by Crippen LogP contribution is 2.33. The fourth-order valence-corrected chi connectivity index (χ4v) is 4.90. The SMILES string of the molecule is CC1(C)C(NC(=O)/C(=N\OCCOc2ccc(Oc3cc[n+](CCCN)cc3)nc2)c2csc(N)n2)C(=O)N1OS(=O)(=O)O. The Balaban J connectivity index is 1.30. The molecule has 1 unspecified atom stereocenters. The first-order valence-electron chi connectivity index (χ1n) is 13.1. The number of carbonyl (C=O) groups is 2. The number of pyridine rings is 2. The van der Waals surface area contributed by atoms with Crippen molar-refractivity contribution in [2.75, 3.05) is 25.5 Å². The third kappa shape index (κ3) is 8.35. The summed E-state index contributed by atoms with van der Waals surface area (Å²) in [6.07, 6.45) is 6.15. The summed E-state index contributed by atoms with van der Waals surface area (Å²) in [4.78, 5) is 39.0. The van der Waals surface area contributed by atoms with Gasteiger partial charge in [-0.2, -0.15) is 13.5 Å². The zero-order chi connectivity index (χ0) is 31.9. The van der Waals surface area contributed by atoms with Crippen LogP contribution in [0, 0.1) is 0 Å². The van der Waals surface area contributed by atoms with Crippen molar-refractivity contribution in [3.05, 3.63) is 53.9 Å². The number of hydrogen-bond acceptors (Lipinski definition) is 14. The Morgan fingerprint density at radius 3 is 2.57 bits per heavy atom. The molecule has 3 aromatic rings. The topological polar surface area (TPSA) is 235 Å². The lowest BCUT2D eigenvalue weighted by Gasteiger charge is -2.50. The minimum absolute atomic E-state index is 0.0387. The molecule has 2 amide bonds. The van der Waals surface area contributed by atoms with Crippen LogP contribution in [0.3, 0.4) is 0 Å². The van der Waals surface area contributed by atoms with Crippen LogP contribution in [0.2, 0.25) is 0 Å². The highest BCUT2D eigenvalue weighted by molar-refractivity contribution is 7.80. The maximum Gasteiger partial charge on any atom is 0.418 e. The minimum Gasteiger partial charge on any atom is -0.488 e. The van der Waals surface area contributed by atoms with Crippen LogP contribution in [-0.2, 0) is 35.7 Å². The van der Waals surface area contributed by atoms with Gasteiger partial charge in [-0.05, 0) is 26.5 Å². The van der Waals surface area contributed by atoms with Crippen molar-refractivity contribution < 1.29 is 45.7 Å². The second-order valence-corrected chi connectivity index (χ2v) is 11.6. The second kappa shape index (κ2) is 13.9. The fraction of sp³-hybridized carbons (Fsp3) is 0.360. The number of amides is 2. The van der Waals surface area contributed by atoms with E-state index in [0.29, 0.717) is 29.0 Å². The largest absolute Gasteiger partial charge is 0.488 e. The lowest BCUT2D eigenvalue weighted by molar-refractivity contribution is -0.697. The van der Waals surface area contributed by atoms with E-state index in [1.165, 1.54) is 25.4 Å². The molecule has 1 aliphatic heterocycles. The molecule has 236 valence electrons. The molecule has 0 spiro atoms. The van der Waals surface area contributed by atoms with E-state index in [9.17, 15) is 18.0 Å². The van der Waals surface area contributed by atoms with Crippen molar-refractivity contribution in [1.29, 1.82) is 0 Å². The molecule has 0 bridgehead atoms. The van der Waals surface area contributed by atoms with Crippen molar-refractivity contribution in [3.8, 4) is 17.4 Å². The molecule has 17 nitrogen and oxygen atoms in total. The van der Waals surface area contributed by atoms with Gasteiger partial charge in [0.25, 0.3) is 11.8 Å². The summed E-state index contributed by atoms with van der Waals surface area (Å²) in [5.74, 6) is -0.329. The molecule has 1 fully saturated rings. The summed E-state index contributed by atoms with van der Waals surface area (Å²) >= 11 is 1.06. The molecule has 0 aromatic carbocycles. The lowest BCUT2D eigenvalue weighted by Crippen LogP contribution is -2.76. The summed E-state index contributed by atoms with van der Waals surface area (Å²) in [5.41, 5.74) is 9.71. The van der Waals surface area contributed by atoms with Crippen molar-refractivity contribution >= 4 is 44.4 Å². The molecule has 6 N–H and O–H groups in total. The molecule has 1 saturated heterocycles. The molecule has 1 atom stereocenters. The number of ether oxygens (including phenoxy) is 2. The summed E-state index contributed by atoms with van der Waals surface area (Å²) in [7, 11) is -4.95. The molecule has 4 rings (SSSR count). The Hall–Kier alpha value is -4.43. The molecule has 0 saturated carbocycles. The summed E-state index contributed by atoms with van der Waals surface area (Å²) in [6.45, 7) is 4.24. The van der Waals surface area contributed by atoms with Crippen LogP contribution in [0.1, 0.15) is 26.0 Å². The summed E-state index contributed by atoms with van der Waals surface area (Å²) in [5, 5.41) is 8.38. The van der Waals surface area contributed by atoms with E-state index >= 15 is 0 Å². The second-order valence-electron chi connectivity index (χ2n) is 9.74. The minimum atomic E-state index is -4.95. The first kappa shape index (κ1) is 32.5. The van der Waals surface area contributed by atoms with Gasteiger partial charge in [-0.1, -0.05) is 5.16 Å². The number of rotatable bonds is 15. The zero-order valence-electron chi connectivity index (χ0n) is 23.7. The number of β-lactam (4-membered cyclic amide) rings is 1. The first-order valence-corrected chi connectivity index (χ1v) is 15.3. The number of oxime groups is 1. The van der Waals surface area contributed by atoms with Crippen molar-refractivity contribution in [2.45, 2.75) is 38.4 Å². The number of thiazole rings is 1. The number of carbonyl (C=O) groups excluding carboxylic acids is 2. The Morgan fingerprint density at radius 2 is 1.98 bits per heavy atom. The van der Waals surface area contributed by atoms with Crippen LogP contribution in [0.15, 0.2) is 53.4 Å². The van der Waals surface area contributed by atoms with Gasteiger partial charge < -0.3 is 31.1 Å². The smallest absolute Gasteiger partial charge is 0.418 e. The predicted octanol–water partition coefficient (Wildman–Crippen LogP) is 0.189. The number of hydroxylamine groups is 2. The van der Waals surface area contributed by atoms with E-state index in [2.05, 4.69) is 24.7 Å². The Morgan fingerprint density at radius 1 is 1.23 bits per heavy atom. The Labute approximate surface area is 256 Å². The maximum absolute atomic E-state index is 13.1. The van der Waals surface area contributed by atoms with Crippen molar-refractivity contribution in [2.24, 2.45) is 10.9 Å². The monoisotopic (exact) mass is 651 g/mol. The van der Waals surface area contributed by atoms with Crippen LogP contribution in [0.5, 0.6) is 17.4 Å². The fourth-order valence-electron chi connectivity index (χ4n) is 3.90. The lowest BCUT2D eigenvalue weighted by atomic mass is 9.84. The Bertz CT molecular complexity index is 1600. The van der Waals surface area contributed by atoms with Gasteiger partial charge in [0.15, 0.2) is 29.8 Å². The number of nitrogen functional groups attached to an aromatic ring is 1. The number of aryl methyl sites for hydroxylation is 1. The predicted molar refractivity (Wildman–Crippen MR) is 155 cm³/mol.